The Labute approximate surface area is 162 Å². The van der Waals surface area contributed by atoms with Crippen molar-refractivity contribution < 1.29 is 18.5 Å². The van der Waals surface area contributed by atoms with Crippen molar-refractivity contribution in [1.29, 1.82) is 0 Å². The lowest BCUT2D eigenvalue weighted by Gasteiger charge is -2.40. The maximum absolute atomic E-state index is 14.1. The van der Waals surface area contributed by atoms with Crippen LogP contribution in [0.15, 0.2) is 30.3 Å². The molecule has 1 aliphatic rings. The molecule has 1 fully saturated rings. The number of hydrogen-bond donors (Lipinski definition) is 0. The minimum absolute atomic E-state index is 0.0145. The highest BCUT2D eigenvalue weighted by Crippen LogP contribution is 2.40. The fourth-order valence-corrected chi connectivity index (χ4v) is 4.09. The van der Waals surface area contributed by atoms with Crippen LogP contribution in [0.4, 0.5) is 20.2 Å². The van der Waals surface area contributed by atoms with E-state index in [0.29, 0.717) is 35.3 Å². The molecular weight excluding hydrogens is 366 g/mol. The summed E-state index contributed by atoms with van der Waals surface area (Å²) < 4.78 is 27.3. The van der Waals surface area contributed by atoms with Crippen LogP contribution in [0, 0.1) is 41.0 Å². The normalized spacial score (nSPS) is 19.8. The molecule has 1 atom stereocenters. The van der Waals surface area contributed by atoms with Crippen molar-refractivity contribution >= 4 is 17.3 Å². The van der Waals surface area contributed by atoms with Crippen LogP contribution >= 0.6 is 0 Å². The predicted octanol–water partition coefficient (Wildman–Crippen LogP) is 4.87. The van der Waals surface area contributed by atoms with E-state index in [1.165, 1.54) is 24.3 Å². The Morgan fingerprint density at radius 2 is 1.82 bits per heavy atom. The van der Waals surface area contributed by atoms with E-state index in [-0.39, 0.29) is 18.0 Å². The molecule has 2 aromatic rings. The van der Waals surface area contributed by atoms with Gasteiger partial charge in [0.15, 0.2) is 0 Å². The minimum Gasteiger partial charge on any atom is -0.311 e. The van der Waals surface area contributed by atoms with Crippen LogP contribution in [-0.2, 0) is 11.2 Å². The van der Waals surface area contributed by atoms with Crippen molar-refractivity contribution in [3.8, 4) is 0 Å². The SMILES string of the molecule is Cc1cc([N+](=O)[O-])cc(C)c1N1CCC[C@](C)(Cc2ccc(F)cc2F)C1=O. The summed E-state index contributed by atoms with van der Waals surface area (Å²) in [5.41, 5.74) is 1.42. The largest absolute Gasteiger partial charge is 0.311 e. The third-order valence-corrected chi connectivity index (χ3v) is 5.42. The molecule has 0 radical (unpaired) electrons. The number of nitro benzene ring substituents is 1. The lowest BCUT2D eigenvalue weighted by atomic mass is 9.75. The van der Waals surface area contributed by atoms with Gasteiger partial charge in [0, 0.05) is 30.4 Å². The van der Waals surface area contributed by atoms with Gasteiger partial charge in [0.25, 0.3) is 5.69 Å². The zero-order valence-corrected chi connectivity index (χ0v) is 16.1. The van der Waals surface area contributed by atoms with Crippen LogP contribution in [0.5, 0.6) is 0 Å². The number of carbonyl (C=O) groups is 1. The highest BCUT2D eigenvalue weighted by atomic mass is 19.1. The number of anilines is 1. The second kappa shape index (κ2) is 7.30. The average molecular weight is 388 g/mol. The molecule has 0 unspecified atom stereocenters. The summed E-state index contributed by atoms with van der Waals surface area (Å²) in [5, 5.41) is 11.1. The van der Waals surface area contributed by atoms with Crippen molar-refractivity contribution in [2.75, 3.05) is 11.4 Å². The zero-order valence-electron chi connectivity index (χ0n) is 16.1. The van der Waals surface area contributed by atoms with Crippen LogP contribution in [0.3, 0.4) is 0 Å². The lowest BCUT2D eigenvalue weighted by Crippen LogP contribution is -2.49. The van der Waals surface area contributed by atoms with Crippen LogP contribution in [-0.4, -0.2) is 17.4 Å². The number of piperidine rings is 1. The molecule has 0 aliphatic carbocycles. The van der Waals surface area contributed by atoms with E-state index < -0.39 is 22.0 Å². The monoisotopic (exact) mass is 388 g/mol. The summed E-state index contributed by atoms with van der Waals surface area (Å²) in [6, 6.07) is 6.32. The number of hydrogen-bond acceptors (Lipinski definition) is 3. The lowest BCUT2D eigenvalue weighted by molar-refractivity contribution is -0.384. The van der Waals surface area contributed by atoms with Crippen molar-refractivity contribution in [3.63, 3.8) is 0 Å². The van der Waals surface area contributed by atoms with E-state index in [2.05, 4.69) is 0 Å². The van der Waals surface area contributed by atoms with E-state index in [9.17, 15) is 23.7 Å². The first-order valence-corrected chi connectivity index (χ1v) is 9.14. The van der Waals surface area contributed by atoms with Gasteiger partial charge >= 0.3 is 0 Å². The Hall–Kier alpha value is -2.83. The van der Waals surface area contributed by atoms with Gasteiger partial charge in [-0.15, -0.1) is 0 Å². The molecular formula is C21H22F2N2O3. The van der Waals surface area contributed by atoms with Crippen LogP contribution in [0.25, 0.3) is 0 Å². The number of halogens is 2. The number of benzene rings is 2. The van der Waals surface area contributed by atoms with Gasteiger partial charge in [0.1, 0.15) is 11.6 Å². The molecule has 0 saturated carbocycles. The first-order valence-electron chi connectivity index (χ1n) is 9.14. The number of carbonyl (C=O) groups excluding carboxylic acids is 1. The fraction of sp³-hybridized carbons (Fsp3) is 0.381. The number of rotatable bonds is 4. The van der Waals surface area contributed by atoms with Crippen molar-refractivity contribution in [2.45, 2.75) is 40.0 Å². The average Bonchev–Trinajstić information content (AvgIpc) is 2.60. The first kappa shape index (κ1) is 19.9. The molecule has 5 nitrogen and oxygen atoms in total. The fourth-order valence-electron chi connectivity index (χ4n) is 4.09. The van der Waals surface area contributed by atoms with E-state index in [1.807, 2.05) is 0 Å². The van der Waals surface area contributed by atoms with E-state index in [1.54, 1.807) is 25.7 Å². The molecule has 0 spiro atoms. The van der Waals surface area contributed by atoms with Gasteiger partial charge in [0.05, 0.1) is 10.3 Å². The molecule has 7 heteroatoms. The number of amides is 1. The van der Waals surface area contributed by atoms with Crippen LogP contribution in [0.2, 0.25) is 0 Å². The Bertz CT molecular complexity index is 938. The van der Waals surface area contributed by atoms with E-state index in [0.717, 1.165) is 12.5 Å². The Morgan fingerprint density at radius 1 is 1.18 bits per heavy atom. The van der Waals surface area contributed by atoms with E-state index in [4.69, 9.17) is 0 Å². The van der Waals surface area contributed by atoms with E-state index >= 15 is 0 Å². The molecule has 2 aromatic carbocycles. The van der Waals surface area contributed by atoms with Gasteiger partial charge in [-0.25, -0.2) is 8.78 Å². The predicted molar refractivity (Wildman–Crippen MR) is 102 cm³/mol. The molecule has 3 rings (SSSR count). The summed E-state index contributed by atoms with van der Waals surface area (Å²) in [5.74, 6) is -1.46. The number of non-ortho nitro benzene ring substituents is 1. The molecule has 0 bridgehead atoms. The Balaban J connectivity index is 1.95. The number of nitro groups is 1. The molecule has 0 N–H and O–H groups in total. The highest BCUT2D eigenvalue weighted by Gasteiger charge is 2.41. The van der Waals surface area contributed by atoms with Crippen molar-refractivity contribution in [3.05, 3.63) is 68.8 Å². The smallest absolute Gasteiger partial charge is 0.270 e. The van der Waals surface area contributed by atoms with Gasteiger partial charge in [-0.05, 0) is 55.9 Å². The third-order valence-electron chi connectivity index (χ3n) is 5.42. The quantitative estimate of drug-likeness (QED) is 0.555. The molecule has 1 saturated heterocycles. The topological polar surface area (TPSA) is 63.5 Å². The van der Waals surface area contributed by atoms with Crippen molar-refractivity contribution in [2.24, 2.45) is 5.41 Å². The molecule has 0 aromatic heterocycles. The summed E-state index contributed by atoms with van der Waals surface area (Å²) in [6.45, 7) is 5.78. The van der Waals surface area contributed by atoms with Gasteiger partial charge in [-0.2, -0.15) is 0 Å². The van der Waals surface area contributed by atoms with Crippen LogP contribution in [0.1, 0.15) is 36.5 Å². The van der Waals surface area contributed by atoms with Gasteiger partial charge in [0.2, 0.25) is 5.91 Å². The van der Waals surface area contributed by atoms with Crippen molar-refractivity contribution in [1.82, 2.24) is 0 Å². The summed E-state index contributed by atoms with van der Waals surface area (Å²) in [4.78, 5) is 25.6. The Morgan fingerprint density at radius 3 is 2.39 bits per heavy atom. The highest BCUT2D eigenvalue weighted by molar-refractivity contribution is 5.99. The minimum atomic E-state index is -0.836. The number of nitrogens with zero attached hydrogens (tertiary/aromatic N) is 2. The number of aryl methyl sites for hydroxylation is 2. The maximum Gasteiger partial charge on any atom is 0.270 e. The summed E-state index contributed by atoms with van der Waals surface area (Å²) in [7, 11) is 0. The standard InChI is InChI=1S/C21H22F2N2O3/c1-13-9-17(25(27)28)10-14(2)19(13)24-8-4-7-21(3,20(24)26)12-15-5-6-16(22)11-18(15)23/h5-6,9-11H,4,7-8,12H2,1-3H3/t21-/m1/s1. The van der Waals surface area contributed by atoms with Gasteiger partial charge in [-0.1, -0.05) is 13.0 Å². The Kier molecular flexibility index (Phi) is 5.19. The first-order chi connectivity index (χ1) is 13.1. The molecule has 1 amide bonds. The van der Waals surface area contributed by atoms with Gasteiger partial charge in [-0.3, -0.25) is 14.9 Å². The second-order valence-electron chi connectivity index (χ2n) is 7.72. The zero-order chi connectivity index (χ0) is 20.6. The molecule has 28 heavy (non-hydrogen) atoms. The maximum atomic E-state index is 14.1. The third kappa shape index (κ3) is 3.61. The molecule has 1 heterocycles. The summed E-state index contributed by atoms with van der Waals surface area (Å²) in [6.07, 6.45) is 1.48. The summed E-state index contributed by atoms with van der Waals surface area (Å²) >= 11 is 0. The van der Waals surface area contributed by atoms with Crippen LogP contribution < -0.4 is 4.90 Å². The molecule has 148 valence electrons. The second-order valence-corrected chi connectivity index (χ2v) is 7.72. The molecule has 1 aliphatic heterocycles. The van der Waals surface area contributed by atoms with Gasteiger partial charge < -0.3 is 4.90 Å².